The van der Waals surface area contributed by atoms with Crippen LogP contribution in [0.5, 0.6) is 0 Å². The highest BCUT2D eigenvalue weighted by Crippen LogP contribution is 2.32. The molecule has 1 N–H and O–H groups in total. The lowest BCUT2D eigenvalue weighted by molar-refractivity contribution is -0.151. The Bertz CT molecular complexity index is 904. The van der Waals surface area contributed by atoms with Gasteiger partial charge >= 0.3 is 5.97 Å². The summed E-state index contributed by atoms with van der Waals surface area (Å²) in [7, 11) is 0. The SMILES string of the molecule is CCc1cc(CN2CCC(C(=O)O)(n3ccc(-c4ccco4)n3)CC2)on1. The number of furan rings is 1. The summed E-state index contributed by atoms with van der Waals surface area (Å²) < 4.78 is 12.3. The number of aryl methyl sites for hydroxylation is 1. The number of nitrogens with zero attached hydrogens (tertiary/aromatic N) is 4. The van der Waals surface area contributed by atoms with Gasteiger partial charge in [-0.2, -0.15) is 5.10 Å². The number of carboxylic acids is 1. The van der Waals surface area contributed by atoms with Crippen molar-refractivity contribution in [3.05, 3.63) is 48.2 Å². The first-order chi connectivity index (χ1) is 13.1. The van der Waals surface area contributed by atoms with Crippen LogP contribution in [0.2, 0.25) is 0 Å². The first kappa shape index (κ1) is 17.5. The van der Waals surface area contributed by atoms with Crippen molar-refractivity contribution in [3.8, 4) is 11.5 Å². The van der Waals surface area contributed by atoms with Crippen molar-refractivity contribution in [3.63, 3.8) is 0 Å². The van der Waals surface area contributed by atoms with Crippen molar-refractivity contribution in [2.24, 2.45) is 0 Å². The minimum absolute atomic E-state index is 0.469. The van der Waals surface area contributed by atoms with E-state index in [1.807, 2.05) is 19.1 Å². The molecule has 0 amide bonds. The fourth-order valence-electron chi connectivity index (χ4n) is 3.56. The van der Waals surface area contributed by atoms with Crippen molar-refractivity contribution in [1.82, 2.24) is 19.8 Å². The molecule has 4 rings (SSSR count). The van der Waals surface area contributed by atoms with Crippen LogP contribution in [-0.4, -0.2) is 44.0 Å². The van der Waals surface area contributed by atoms with Crippen molar-refractivity contribution < 1.29 is 18.8 Å². The summed E-state index contributed by atoms with van der Waals surface area (Å²) in [5.41, 5.74) is 0.526. The maximum atomic E-state index is 12.1. The molecule has 0 aliphatic carbocycles. The van der Waals surface area contributed by atoms with Gasteiger partial charge in [0.05, 0.1) is 18.5 Å². The fourth-order valence-corrected chi connectivity index (χ4v) is 3.56. The standard InChI is InChI=1S/C19H22N4O4/c1-2-14-12-15(27-21-14)13-22-9-6-19(7-10-22,18(24)25)23-8-5-16(20-23)17-4-3-11-26-17/h3-5,8,11-12H,2,6-7,9-10,13H2,1H3,(H,24,25). The van der Waals surface area contributed by atoms with Crippen LogP contribution in [0.15, 0.2) is 45.7 Å². The van der Waals surface area contributed by atoms with Crippen LogP contribution in [0.4, 0.5) is 0 Å². The Kier molecular flexibility index (Phi) is 4.57. The summed E-state index contributed by atoms with van der Waals surface area (Å²) in [6.07, 6.45) is 5.08. The maximum absolute atomic E-state index is 12.1. The van der Waals surface area contributed by atoms with Crippen LogP contribution in [0.3, 0.4) is 0 Å². The molecule has 1 aliphatic heterocycles. The van der Waals surface area contributed by atoms with E-state index in [1.165, 1.54) is 0 Å². The Morgan fingerprint density at radius 3 is 2.78 bits per heavy atom. The lowest BCUT2D eigenvalue weighted by atomic mass is 9.87. The summed E-state index contributed by atoms with van der Waals surface area (Å²) >= 11 is 0. The van der Waals surface area contributed by atoms with Crippen LogP contribution in [0.25, 0.3) is 11.5 Å². The lowest BCUT2D eigenvalue weighted by Gasteiger charge is -2.38. The molecule has 1 saturated heterocycles. The van der Waals surface area contributed by atoms with Crippen molar-refractivity contribution in [1.29, 1.82) is 0 Å². The maximum Gasteiger partial charge on any atom is 0.331 e. The number of piperidine rings is 1. The number of carbonyl (C=O) groups is 1. The molecule has 8 nitrogen and oxygen atoms in total. The van der Waals surface area contributed by atoms with Gasteiger partial charge in [0.25, 0.3) is 0 Å². The number of likely N-dealkylation sites (tertiary alicyclic amines) is 1. The summed E-state index contributed by atoms with van der Waals surface area (Å²) in [4.78, 5) is 14.3. The summed E-state index contributed by atoms with van der Waals surface area (Å²) in [5, 5.41) is 18.5. The molecular weight excluding hydrogens is 348 g/mol. The molecule has 27 heavy (non-hydrogen) atoms. The average Bonchev–Trinajstić information content (AvgIpc) is 3.43. The number of hydrogen-bond acceptors (Lipinski definition) is 6. The molecule has 0 spiro atoms. The highest BCUT2D eigenvalue weighted by atomic mass is 16.5. The van der Waals surface area contributed by atoms with Crippen molar-refractivity contribution in [2.75, 3.05) is 13.1 Å². The normalized spacial score (nSPS) is 17.2. The number of carboxylic acid groups (broad SMARTS) is 1. The van der Waals surface area contributed by atoms with Crippen molar-refractivity contribution >= 4 is 5.97 Å². The van der Waals surface area contributed by atoms with Crippen LogP contribution in [0, 0.1) is 0 Å². The minimum Gasteiger partial charge on any atom is -0.479 e. The van der Waals surface area contributed by atoms with E-state index in [2.05, 4.69) is 15.2 Å². The number of hydrogen-bond donors (Lipinski definition) is 1. The van der Waals surface area contributed by atoms with Crippen LogP contribution in [0.1, 0.15) is 31.2 Å². The van der Waals surface area contributed by atoms with Gasteiger partial charge in [0.1, 0.15) is 5.69 Å². The Morgan fingerprint density at radius 1 is 1.33 bits per heavy atom. The first-order valence-corrected chi connectivity index (χ1v) is 9.11. The molecule has 0 radical (unpaired) electrons. The molecular formula is C19H22N4O4. The highest BCUT2D eigenvalue weighted by Gasteiger charge is 2.44. The monoisotopic (exact) mass is 370 g/mol. The zero-order valence-corrected chi connectivity index (χ0v) is 15.2. The second-order valence-electron chi connectivity index (χ2n) is 6.87. The predicted molar refractivity (Wildman–Crippen MR) is 95.9 cm³/mol. The van der Waals surface area contributed by atoms with E-state index in [0.717, 1.165) is 17.9 Å². The van der Waals surface area contributed by atoms with E-state index < -0.39 is 11.5 Å². The van der Waals surface area contributed by atoms with Crippen LogP contribution < -0.4 is 0 Å². The molecule has 0 aromatic carbocycles. The molecule has 3 aromatic heterocycles. The fraction of sp³-hybridized carbons (Fsp3) is 0.421. The molecule has 4 heterocycles. The third-order valence-electron chi connectivity index (χ3n) is 5.23. The second-order valence-corrected chi connectivity index (χ2v) is 6.87. The Morgan fingerprint density at radius 2 is 2.15 bits per heavy atom. The topological polar surface area (TPSA) is 97.5 Å². The summed E-state index contributed by atoms with van der Waals surface area (Å²) in [6.45, 7) is 3.96. The van der Waals surface area contributed by atoms with E-state index in [1.54, 1.807) is 29.3 Å². The number of aliphatic carboxylic acids is 1. The van der Waals surface area contributed by atoms with Crippen LogP contribution >= 0.6 is 0 Å². The van der Waals surface area contributed by atoms with Gasteiger partial charge in [0, 0.05) is 25.4 Å². The smallest absolute Gasteiger partial charge is 0.331 e. The molecule has 142 valence electrons. The zero-order valence-electron chi connectivity index (χ0n) is 15.2. The van der Waals surface area contributed by atoms with Crippen LogP contribution in [-0.2, 0) is 23.3 Å². The van der Waals surface area contributed by atoms with Gasteiger partial charge in [0.2, 0.25) is 0 Å². The molecule has 1 aliphatic rings. The lowest BCUT2D eigenvalue weighted by Crippen LogP contribution is -2.51. The minimum atomic E-state index is -1.04. The largest absolute Gasteiger partial charge is 0.479 e. The second kappa shape index (κ2) is 7.03. The Hall–Kier alpha value is -2.87. The van der Waals surface area contributed by atoms with Gasteiger partial charge < -0.3 is 14.0 Å². The molecule has 1 fully saturated rings. The van der Waals surface area contributed by atoms with Gasteiger partial charge in [-0.3, -0.25) is 9.58 Å². The summed E-state index contributed by atoms with van der Waals surface area (Å²) in [5.74, 6) is 0.585. The van der Waals surface area contributed by atoms with E-state index in [4.69, 9.17) is 8.94 Å². The molecule has 0 bridgehead atoms. The van der Waals surface area contributed by atoms with Gasteiger partial charge in [-0.1, -0.05) is 12.1 Å². The van der Waals surface area contributed by atoms with E-state index >= 15 is 0 Å². The van der Waals surface area contributed by atoms with Gasteiger partial charge in [0.15, 0.2) is 17.1 Å². The van der Waals surface area contributed by atoms with Gasteiger partial charge in [-0.15, -0.1) is 0 Å². The predicted octanol–water partition coefficient (Wildman–Crippen LogP) is 2.77. The molecule has 0 atom stereocenters. The van der Waals surface area contributed by atoms with E-state index in [9.17, 15) is 9.90 Å². The van der Waals surface area contributed by atoms with Gasteiger partial charge in [-0.05, 0) is 37.5 Å². The Labute approximate surface area is 156 Å². The highest BCUT2D eigenvalue weighted by molar-refractivity contribution is 5.77. The third kappa shape index (κ3) is 3.28. The van der Waals surface area contributed by atoms with E-state index in [0.29, 0.717) is 43.9 Å². The third-order valence-corrected chi connectivity index (χ3v) is 5.23. The number of rotatable bonds is 6. The molecule has 8 heteroatoms. The number of aromatic nitrogens is 3. The van der Waals surface area contributed by atoms with Crippen molar-refractivity contribution in [2.45, 2.75) is 38.3 Å². The molecule has 0 unspecified atom stereocenters. The first-order valence-electron chi connectivity index (χ1n) is 9.11. The van der Waals surface area contributed by atoms with E-state index in [-0.39, 0.29) is 0 Å². The Balaban J connectivity index is 1.48. The average molecular weight is 370 g/mol. The summed E-state index contributed by atoms with van der Waals surface area (Å²) in [6, 6.07) is 7.34. The zero-order chi connectivity index (χ0) is 18.9. The molecule has 3 aromatic rings. The van der Waals surface area contributed by atoms with Gasteiger partial charge in [-0.25, -0.2) is 4.79 Å². The quantitative estimate of drug-likeness (QED) is 0.712. The molecule has 0 saturated carbocycles.